The molecule has 1 aliphatic rings. The third kappa shape index (κ3) is 4.20. The number of hydrazine groups is 1. The van der Waals surface area contributed by atoms with Crippen LogP contribution >= 0.6 is 0 Å². The normalized spacial score (nSPS) is 19.4. The summed E-state index contributed by atoms with van der Waals surface area (Å²) >= 11 is 0. The van der Waals surface area contributed by atoms with Gasteiger partial charge in [-0.2, -0.15) is 0 Å². The highest BCUT2D eigenvalue weighted by Gasteiger charge is 2.30. The molecule has 0 radical (unpaired) electrons. The summed E-state index contributed by atoms with van der Waals surface area (Å²) in [4.78, 5) is 28.5. The minimum atomic E-state index is -0.408. The van der Waals surface area contributed by atoms with Gasteiger partial charge in [0.05, 0.1) is 23.9 Å². The van der Waals surface area contributed by atoms with E-state index in [0.29, 0.717) is 24.3 Å². The number of pyridine rings is 1. The number of carbonyl (C=O) groups is 2. The lowest BCUT2D eigenvalue weighted by atomic mass is 10.1. The molecule has 1 saturated heterocycles. The molecule has 7 heteroatoms. The van der Waals surface area contributed by atoms with Crippen molar-refractivity contribution in [3.63, 3.8) is 0 Å². The van der Waals surface area contributed by atoms with Crippen molar-refractivity contribution in [2.45, 2.75) is 25.4 Å². The van der Waals surface area contributed by atoms with E-state index in [-0.39, 0.29) is 11.9 Å². The highest BCUT2D eigenvalue weighted by Crippen LogP contribution is 2.21. The van der Waals surface area contributed by atoms with Crippen molar-refractivity contribution in [3.8, 4) is 0 Å². The minimum absolute atomic E-state index is 0.0252. The molecular weight excluding hydrogens is 320 g/mol. The summed E-state index contributed by atoms with van der Waals surface area (Å²) in [5.41, 5.74) is 7.92. The van der Waals surface area contributed by atoms with Crippen molar-refractivity contribution in [1.29, 1.82) is 0 Å². The molecule has 3 N–H and O–H groups in total. The minimum Gasteiger partial charge on any atom is -0.462 e. The number of hydrogen-bond acceptors (Lipinski definition) is 6. The smallest absolute Gasteiger partial charge is 0.338 e. The summed E-state index contributed by atoms with van der Waals surface area (Å²) in [5, 5.41) is 2.82. The Morgan fingerprint density at radius 1 is 1.24 bits per heavy atom. The van der Waals surface area contributed by atoms with Gasteiger partial charge in [0, 0.05) is 11.9 Å². The van der Waals surface area contributed by atoms with Gasteiger partial charge in [0.15, 0.2) is 0 Å². The lowest BCUT2D eigenvalue weighted by Crippen LogP contribution is -2.39. The number of nitrogens with one attached hydrogen (secondary N) is 3. The van der Waals surface area contributed by atoms with Crippen LogP contribution in [0.5, 0.6) is 0 Å². The number of carbonyl (C=O) groups excluding carboxylic acids is 2. The van der Waals surface area contributed by atoms with Crippen LogP contribution in [0.1, 0.15) is 35.4 Å². The molecule has 1 amide bonds. The van der Waals surface area contributed by atoms with Gasteiger partial charge < -0.3 is 10.1 Å². The van der Waals surface area contributed by atoms with E-state index in [1.54, 1.807) is 37.4 Å². The van der Waals surface area contributed by atoms with Gasteiger partial charge in [0.2, 0.25) is 5.91 Å². The quantitative estimate of drug-likeness (QED) is 0.719. The molecule has 2 atom stereocenters. The molecule has 1 aromatic carbocycles. The third-order valence-electron chi connectivity index (χ3n) is 3.91. The maximum absolute atomic E-state index is 12.4. The van der Waals surface area contributed by atoms with Gasteiger partial charge in [-0.05, 0) is 43.7 Å². The lowest BCUT2D eigenvalue weighted by Gasteiger charge is -2.11. The molecular formula is C18H20N4O3. The second kappa shape index (κ2) is 7.87. The molecule has 130 valence electrons. The van der Waals surface area contributed by atoms with E-state index < -0.39 is 12.0 Å². The summed E-state index contributed by atoms with van der Waals surface area (Å²) in [5.74, 6) is -0.582. The van der Waals surface area contributed by atoms with Crippen molar-refractivity contribution < 1.29 is 14.3 Å². The first kappa shape index (κ1) is 17.1. The average Bonchev–Trinajstić information content (AvgIpc) is 3.13. The van der Waals surface area contributed by atoms with Gasteiger partial charge in [0.1, 0.15) is 6.04 Å². The van der Waals surface area contributed by atoms with Gasteiger partial charge in [-0.25, -0.2) is 15.6 Å². The van der Waals surface area contributed by atoms with Gasteiger partial charge in [0.25, 0.3) is 0 Å². The predicted molar refractivity (Wildman–Crippen MR) is 92.7 cm³/mol. The zero-order valence-corrected chi connectivity index (χ0v) is 13.9. The number of hydrogen-bond donors (Lipinski definition) is 3. The van der Waals surface area contributed by atoms with Crippen molar-refractivity contribution in [2.24, 2.45) is 0 Å². The molecule has 1 aromatic heterocycles. The lowest BCUT2D eigenvalue weighted by molar-refractivity contribution is -0.117. The molecule has 1 fully saturated rings. The number of amides is 1. The Bertz CT molecular complexity index is 751. The number of rotatable bonds is 5. The van der Waals surface area contributed by atoms with E-state index in [1.165, 1.54) is 0 Å². The van der Waals surface area contributed by atoms with Gasteiger partial charge in [-0.3, -0.25) is 9.78 Å². The summed E-state index contributed by atoms with van der Waals surface area (Å²) < 4.78 is 4.97. The molecule has 0 spiro atoms. The van der Waals surface area contributed by atoms with E-state index >= 15 is 0 Å². The Morgan fingerprint density at radius 2 is 2.12 bits per heavy atom. The van der Waals surface area contributed by atoms with Crippen molar-refractivity contribution >= 4 is 17.6 Å². The van der Waals surface area contributed by atoms with E-state index in [9.17, 15) is 9.59 Å². The first-order chi connectivity index (χ1) is 12.2. The molecule has 2 unspecified atom stereocenters. The Morgan fingerprint density at radius 3 is 2.88 bits per heavy atom. The summed E-state index contributed by atoms with van der Waals surface area (Å²) in [6.07, 6.45) is 2.31. The molecule has 2 aromatic rings. The largest absolute Gasteiger partial charge is 0.462 e. The zero-order chi connectivity index (χ0) is 17.6. The second-order valence-corrected chi connectivity index (χ2v) is 5.67. The Hall–Kier alpha value is -2.77. The van der Waals surface area contributed by atoms with Crippen LogP contribution in [0.3, 0.4) is 0 Å². The maximum Gasteiger partial charge on any atom is 0.338 e. The molecule has 0 aliphatic carbocycles. The van der Waals surface area contributed by atoms with Crippen LogP contribution in [0.2, 0.25) is 0 Å². The predicted octanol–water partition coefficient (Wildman–Crippen LogP) is 1.80. The maximum atomic E-state index is 12.4. The van der Waals surface area contributed by atoms with E-state index in [1.807, 2.05) is 18.2 Å². The molecule has 7 nitrogen and oxygen atoms in total. The number of nitrogens with zero attached hydrogens (tertiary/aromatic N) is 1. The van der Waals surface area contributed by atoms with Crippen LogP contribution in [-0.4, -0.2) is 29.5 Å². The monoisotopic (exact) mass is 340 g/mol. The number of benzene rings is 1. The number of aromatic nitrogens is 1. The molecule has 0 bridgehead atoms. The number of anilines is 1. The molecule has 25 heavy (non-hydrogen) atoms. The van der Waals surface area contributed by atoms with E-state index in [0.717, 1.165) is 5.69 Å². The number of esters is 1. The standard InChI is InChI=1S/C18H20N4O3/c1-2-25-18(24)12-6-5-7-13(10-12)20-17(23)16-11-15(21-22-16)14-8-3-4-9-19-14/h3-10,15-16,21-22H,2,11H2,1H3,(H,20,23). The van der Waals surface area contributed by atoms with Gasteiger partial charge in [-0.15, -0.1) is 0 Å². The first-order valence-corrected chi connectivity index (χ1v) is 8.17. The van der Waals surface area contributed by atoms with Crippen LogP contribution in [0, 0.1) is 0 Å². The highest BCUT2D eigenvalue weighted by molar-refractivity contribution is 5.97. The molecule has 0 saturated carbocycles. The summed E-state index contributed by atoms with van der Waals surface area (Å²) in [7, 11) is 0. The SMILES string of the molecule is CCOC(=O)c1cccc(NC(=O)C2CC(c3ccccn3)NN2)c1. The van der Waals surface area contributed by atoms with Crippen molar-refractivity contribution in [3.05, 3.63) is 59.9 Å². The second-order valence-electron chi connectivity index (χ2n) is 5.67. The van der Waals surface area contributed by atoms with Gasteiger partial charge in [-0.1, -0.05) is 12.1 Å². The summed E-state index contributed by atoms with van der Waals surface area (Å²) in [6.45, 7) is 2.06. The van der Waals surface area contributed by atoms with Crippen LogP contribution < -0.4 is 16.2 Å². The van der Waals surface area contributed by atoms with Crippen LogP contribution in [-0.2, 0) is 9.53 Å². The Labute approximate surface area is 145 Å². The van der Waals surface area contributed by atoms with Crippen molar-refractivity contribution in [1.82, 2.24) is 15.8 Å². The highest BCUT2D eigenvalue weighted by atomic mass is 16.5. The van der Waals surface area contributed by atoms with Crippen LogP contribution in [0.4, 0.5) is 5.69 Å². The Balaban J connectivity index is 1.61. The average molecular weight is 340 g/mol. The van der Waals surface area contributed by atoms with Crippen molar-refractivity contribution in [2.75, 3.05) is 11.9 Å². The van der Waals surface area contributed by atoms with E-state index in [2.05, 4.69) is 21.2 Å². The fourth-order valence-corrected chi connectivity index (χ4v) is 2.67. The number of ether oxygens (including phenoxy) is 1. The fraction of sp³-hybridized carbons (Fsp3) is 0.278. The van der Waals surface area contributed by atoms with Crippen LogP contribution in [0.15, 0.2) is 48.7 Å². The van der Waals surface area contributed by atoms with E-state index in [4.69, 9.17) is 4.74 Å². The first-order valence-electron chi connectivity index (χ1n) is 8.17. The van der Waals surface area contributed by atoms with Gasteiger partial charge >= 0.3 is 5.97 Å². The summed E-state index contributed by atoms with van der Waals surface area (Å²) in [6, 6.07) is 12.0. The third-order valence-corrected chi connectivity index (χ3v) is 3.91. The Kier molecular flexibility index (Phi) is 5.37. The zero-order valence-electron chi connectivity index (χ0n) is 13.9. The topological polar surface area (TPSA) is 92.3 Å². The fourth-order valence-electron chi connectivity index (χ4n) is 2.67. The molecule has 2 heterocycles. The van der Waals surface area contributed by atoms with Crippen LogP contribution in [0.25, 0.3) is 0 Å². The molecule has 3 rings (SSSR count). The molecule has 1 aliphatic heterocycles.